The van der Waals surface area contributed by atoms with E-state index in [-0.39, 0.29) is 25.7 Å². The molecule has 3 N–H and O–H groups in total. The molecule has 0 heterocycles. The fourth-order valence-corrected chi connectivity index (χ4v) is 11.9. The van der Waals surface area contributed by atoms with Crippen LogP contribution in [0.1, 0.15) is 338 Å². The first-order valence-corrected chi connectivity index (χ1v) is 38.7. The molecule has 522 valence electrons. The number of ether oxygens (including phenoxy) is 4. The van der Waals surface area contributed by atoms with Crippen molar-refractivity contribution in [1.82, 2.24) is 0 Å². The summed E-state index contributed by atoms with van der Waals surface area (Å²) < 4.78 is 68.2. The van der Waals surface area contributed by atoms with E-state index in [4.69, 9.17) is 37.0 Å². The number of aliphatic hydroxyl groups excluding tert-OH is 1. The molecule has 0 aromatic rings. The van der Waals surface area contributed by atoms with E-state index < -0.39 is 97.5 Å². The number of aliphatic hydroxyl groups is 1. The summed E-state index contributed by atoms with van der Waals surface area (Å²) in [5.74, 6) is 0.814. The van der Waals surface area contributed by atoms with E-state index in [9.17, 15) is 43.2 Å². The lowest BCUT2D eigenvalue weighted by atomic mass is 9.99. The standard InChI is InChI=1S/C69H134O17P2/c1-9-62(8)48-40-32-22-18-15-16-20-24-36-44-52-69(74)86-65(56-80-67(72)50-42-34-28-26-31-39-47-61(6)7)58-84-88(77,78)82-54-63(70)53-81-87(75,76)83-57-64(55-79-66(71)49-41-33-27-25-30-38-46-60(4)5)85-68(73)51-43-35-23-19-14-12-10-11-13-17-21-29-37-45-59(2)3/h59-65,70H,9-58H2,1-8H3,(H,75,76)(H,77,78)/t62?,63-,64-,65-/m1/s1. The number of carbonyl (C=O) groups is 4. The zero-order chi connectivity index (χ0) is 65.4. The van der Waals surface area contributed by atoms with Crippen molar-refractivity contribution in [3.8, 4) is 0 Å². The zero-order valence-electron chi connectivity index (χ0n) is 57.3. The van der Waals surface area contributed by atoms with Crippen molar-refractivity contribution in [3.05, 3.63) is 0 Å². The van der Waals surface area contributed by atoms with Gasteiger partial charge in [-0.2, -0.15) is 0 Å². The average molecular weight is 1300 g/mol. The van der Waals surface area contributed by atoms with Gasteiger partial charge in [0.05, 0.1) is 26.4 Å². The van der Waals surface area contributed by atoms with E-state index in [2.05, 4.69) is 55.4 Å². The first-order chi connectivity index (χ1) is 42.1. The van der Waals surface area contributed by atoms with Gasteiger partial charge in [-0.25, -0.2) is 9.13 Å². The summed E-state index contributed by atoms with van der Waals surface area (Å²) in [6.45, 7) is 14.0. The molecule has 0 spiro atoms. The van der Waals surface area contributed by atoms with Crippen LogP contribution in [0, 0.1) is 23.7 Å². The normalized spacial score (nSPS) is 14.6. The van der Waals surface area contributed by atoms with Crippen LogP contribution in [-0.2, 0) is 65.4 Å². The number of hydrogen-bond acceptors (Lipinski definition) is 15. The summed E-state index contributed by atoms with van der Waals surface area (Å²) in [7, 11) is -9.90. The van der Waals surface area contributed by atoms with Crippen molar-refractivity contribution in [2.24, 2.45) is 23.7 Å². The van der Waals surface area contributed by atoms with Gasteiger partial charge >= 0.3 is 39.5 Å². The van der Waals surface area contributed by atoms with Gasteiger partial charge in [-0.1, -0.05) is 287 Å². The minimum atomic E-state index is -4.95. The third kappa shape index (κ3) is 61.6. The molecule has 6 atom stereocenters. The van der Waals surface area contributed by atoms with Gasteiger partial charge in [0.2, 0.25) is 0 Å². The summed E-state index contributed by atoms with van der Waals surface area (Å²) in [6.07, 6.45) is 40.5. The molecule has 0 fully saturated rings. The summed E-state index contributed by atoms with van der Waals surface area (Å²) in [5.41, 5.74) is 0. The second-order valence-corrected chi connectivity index (χ2v) is 29.5. The number of esters is 4. The molecule has 0 aromatic carbocycles. The maximum absolute atomic E-state index is 13.0. The molecule has 0 saturated heterocycles. The van der Waals surface area contributed by atoms with Gasteiger partial charge < -0.3 is 33.8 Å². The van der Waals surface area contributed by atoms with E-state index in [0.717, 1.165) is 115 Å². The average Bonchev–Trinajstić information content (AvgIpc) is 3.57. The lowest BCUT2D eigenvalue weighted by Crippen LogP contribution is -2.30. The number of rotatable bonds is 66. The Morgan fingerprint density at radius 2 is 0.545 bits per heavy atom. The highest BCUT2D eigenvalue weighted by atomic mass is 31.2. The highest BCUT2D eigenvalue weighted by molar-refractivity contribution is 7.47. The highest BCUT2D eigenvalue weighted by Crippen LogP contribution is 2.45. The van der Waals surface area contributed by atoms with Crippen LogP contribution in [0.2, 0.25) is 0 Å². The van der Waals surface area contributed by atoms with Gasteiger partial charge in [0.1, 0.15) is 19.3 Å². The van der Waals surface area contributed by atoms with Crippen molar-refractivity contribution in [3.63, 3.8) is 0 Å². The van der Waals surface area contributed by atoms with Crippen molar-refractivity contribution in [1.29, 1.82) is 0 Å². The molecule has 0 aromatic heterocycles. The second kappa shape index (κ2) is 58.8. The maximum Gasteiger partial charge on any atom is 0.472 e. The van der Waals surface area contributed by atoms with Gasteiger partial charge in [0.25, 0.3) is 0 Å². The van der Waals surface area contributed by atoms with Crippen LogP contribution in [0.25, 0.3) is 0 Å². The molecular weight excluding hydrogens is 1160 g/mol. The largest absolute Gasteiger partial charge is 0.472 e. The lowest BCUT2D eigenvalue weighted by Gasteiger charge is -2.21. The monoisotopic (exact) mass is 1300 g/mol. The molecular formula is C69H134O17P2. The topological polar surface area (TPSA) is 237 Å². The van der Waals surface area contributed by atoms with Crippen LogP contribution in [0.3, 0.4) is 0 Å². The van der Waals surface area contributed by atoms with Crippen molar-refractivity contribution in [2.75, 3.05) is 39.6 Å². The molecule has 17 nitrogen and oxygen atoms in total. The van der Waals surface area contributed by atoms with Crippen LogP contribution in [-0.4, -0.2) is 96.7 Å². The molecule has 0 bridgehead atoms. The van der Waals surface area contributed by atoms with E-state index in [1.54, 1.807) is 0 Å². The Kier molecular flexibility index (Phi) is 57.6. The van der Waals surface area contributed by atoms with Crippen LogP contribution in [0.5, 0.6) is 0 Å². The van der Waals surface area contributed by atoms with Gasteiger partial charge in [-0.05, 0) is 49.4 Å². The minimum absolute atomic E-state index is 0.104. The summed E-state index contributed by atoms with van der Waals surface area (Å²) in [5, 5.41) is 10.6. The summed E-state index contributed by atoms with van der Waals surface area (Å²) >= 11 is 0. The van der Waals surface area contributed by atoms with Crippen molar-refractivity contribution >= 4 is 39.5 Å². The summed E-state index contributed by atoms with van der Waals surface area (Å²) in [6, 6.07) is 0. The SMILES string of the molecule is CCC(C)CCCCCCCCCCCCC(=O)O[C@H](COC(=O)CCCCCCCCC(C)C)COP(=O)(O)OC[C@H](O)COP(=O)(O)OC[C@@H](COC(=O)CCCCCCCCC(C)C)OC(=O)CCCCCCCCCCCCCCCC(C)C. The Morgan fingerprint density at radius 3 is 0.807 bits per heavy atom. The number of carbonyl (C=O) groups excluding carboxylic acids is 4. The zero-order valence-corrected chi connectivity index (χ0v) is 59.1. The Morgan fingerprint density at radius 1 is 0.318 bits per heavy atom. The van der Waals surface area contributed by atoms with Gasteiger partial charge in [0.15, 0.2) is 12.2 Å². The van der Waals surface area contributed by atoms with Crippen LogP contribution < -0.4 is 0 Å². The Balaban J connectivity index is 5.22. The summed E-state index contributed by atoms with van der Waals surface area (Å²) in [4.78, 5) is 72.4. The number of phosphoric acid groups is 2. The fourth-order valence-electron chi connectivity index (χ4n) is 10.3. The van der Waals surface area contributed by atoms with E-state index in [0.29, 0.717) is 37.5 Å². The molecule has 88 heavy (non-hydrogen) atoms. The molecule has 0 aliphatic heterocycles. The Labute approximate surface area is 537 Å². The maximum atomic E-state index is 13.0. The first kappa shape index (κ1) is 86.1. The third-order valence-electron chi connectivity index (χ3n) is 16.2. The van der Waals surface area contributed by atoms with Crippen molar-refractivity contribution in [2.45, 2.75) is 356 Å². The second-order valence-electron chi connectivity index (χ2n) is 26.6. The molecule has 3 unspecified atom stereocenters. The van der Waals surface area contributed by atoms with Gasteiger partial charge in [0, 0.05) is 25.7 Å². The molecule has 0 amide bonds. The molecule has 0 radical (unpaired) electrons. The number of phosphoric ester groups is 2. The first-order valence-electron chi connectivity index (χ1n) is 35.7. The Hall–Kier alpha value is -1.94. The molecule has 0 rings (SSSR count). The predicted molar refractivity (Wildman–Crippen MR) is 354 cm³/mol. The quantitative estimate of drug-likeness (QED) is 0.0222. The molecule has 0 aliphatic carbocycles. The molecule has 0 aliphatic rings. The van der Waals surface area contributed by atoms with Crippen LogP contribution in [0.15, 0.2) is 0 Å². The van der Waals surface area contributed by atoms with Crippen LogP contribution in [0.4, 0.5) is 0 Å². The van der Waals surface area contributed by atoms with E-state index in [1.165, 1.54) is 128 Å². The van der Waals surface area contributed by atoms with Crippen LogP contribution >= 0.6 is 15.6 Å². The Bertz CT molecular complexity index is 1750. The van der Waals surface area contributed by atoms with Crippen molar-refractivity contribution < 1.29 is 80.2 Å². The molecule has 0 saturated carbocycles. The number of unbranched alkanes of at least 4 members (excludes halogenated alkanes) is 31. The number of hydrogen-bond donors (Lipinski definition) is 3. The predicted octanol–water partition coefficient (Wildman–Crippen LogP) is 19.3. The fraction of sp³-hybridized carbons (Fsp3) is 0.942. The third-order valence-corrected chi connectivity index (χ3v) is 18.1. The van der Waals surface area contributed by atoms with Gasteiger partial charge in [-0.3, -0.25) is 37.3 Å². The van der Waals surface area contributed by atoms with Gasteiger partial charge in [-0.15, -0.1) is 0 Å². The highest BCUT2D eigenvalue weighted by Gasteiger charge is 2.30. The smallest absolute Gasteiger partial charge is 0.462 e. The lowest BCUT2D eigenvalue weighted by molar-refractivity contribution is -0.161. The van der Waals surface area contributed by atoms with E-state index >= 15 is 0 Å². The molecule has 19 heteroatoms. The van der Waals surface area contributed by atoms with E-state index in [1.807, 2.05) is 0 Å². The minimum Gasteiger partial charge on any atom is -0.462 e.